The highest BCUT2D eigenvalue weighted by Gasteiger charge is 2.34. The molecule has 30 heavy (non-hydrogen) atoms. The molecule has 0 saturated carbocycles. The third-order valence-corrected chi connectivity index (χ3v) is 4.55. The molecule has 1 aliphatic heterocycles. The van der Waals surface area contributed by atoms with Gasteiger partial charge in [0.25, 0.3) is 11.8 Å². The zero-order valence-electron chi connectivity index (χ0n) is 15.4. The quantitative estimate of drug-likeness (QED) is 0.301. The minimum Gasteiger partial charge on any atom is -0.457 e. The van der Waals surface area contributed by atoms with Crippen molar-refractivity contribution in [2.24, 2.45) is 0 Å². The third-order valence-electron chi connectivity index (χ3n) is 4.26. The molecular formula is C22H14FN3O3S. The van der Waals surface area contributed by atoms with E-state index in [4.69, 9.17) is 17.0 Å². The molecule has 1 aromatic heterocycles. The summed E-state index contributed by atoms with van der Waals surface area (Å²) in [4.78, 5) is 30.0. The van der Waals surface area contributed by atoms with Gasteiger partial charge in [-0.3, -0.25) is 19.8 Å². The van der Waals surface area contributed by atoms with Gasteiger partial charge in [0, 0.05) is 11.8 Å². The molecule has 0 bridgehead atoms. The number of para-hydroxylation sites is 1. The number of carbonyl (C=O) groups excluding carboxylic acids is 2. The Hall–Kier alpha value is -3.91. The van der Waals surface area contributed by atoms with Crippen LogP contribution in [0.4, 0.5) is 10.1 Å². The molecular weight excluding hydrogens is 405 g/mol. The van der Waals surface area contributed by atoms with E-state index in [1.54, 1.807) is 24.3 Å². The summed E-state index contributed by atoms with van der Waals surface area (Å²) in [7, 11) is 0. The number of ether oxygens (including phenoxy) is 1. The second-order valence-electron chi connectivity index (χ2n) is 6.25. The molecule has 3 aromatic rings. The van der Waals surface area contributed by atoms with Gasteiger partial charge in [-0.2, -0.15) is 4.39 Å². The molecule has 0 unspecified atom stereocenters. The molecule has 2 amide bonds. The van der Waals surface area contributed by atoms with Crippen LogP contribution in [0, 0.1) is 5.95 Å². The summed E-state index contributed by atoms with van der Waals surface area (Å²) in [5.74, 6) is -0.909. The van der Waals surface area contributed by atoms with Gasteiger partial charge < -0.3 is 4.74 Å². The van der Waals surface area contributed by atoms with Gasteiger partial charge in [-0.15, -0.1) is 0 Å². The van der Waals surface area contributed by atoms with Crippen LogP contribution in [-0.2, 0) is 9.59 Å². The fourth-order valence-electron chi connectivity index (χ4n) is 2.84. The van der Waals surface area contributed by atoms with Crippen LogP contribution in [0.3, 0.4) is 0 Å². The maximum absolute atomic E-state index is 13.9. The van der Waals surface area contributed by atoms with E-state index in [1.807, 2.05) is 30.3 Å². The molecule has 4 rings (SSSR count). The van der Waals surface area contributed by atoms with E-state index in [0.29, 0.717) is 17.2 Å². The summed E-state index contributed by atoms with van der Waals surface area (Å²) < 4.78 is 19.6. The smallest absolute Gasteiger partial charge is 0.270 e. The number of anilines is 1. The maximum Gasteiger partial charge on any atom is 0.270 e. The fourth-order valence-corrected chi connectivity index (χ4v) is 3.12. The second-order valence-corrected chi connectivity index (χ2v) is 6.64. The van der Waals surface area contributed by atoms with Crippen LogP contribution < -0.4 is 15.0 Å². The van der Waals surface area contributed by atoms with E-state index < -0.39 is 17.8 Å². The lowest BCUT2D eigenvalue weighted by molar-refractivity contribution is -0.122. The number of benzene rings is 2. The molecule has 1 aliphatic rings. The number of halogens is 1. The summed E-state index contributed by atoms with van der Waals surface area (Å²) in [6, 6.07) is 18.8. The molecule has 2 aromatic carbocycles. The molecule has 6 nitrogen and oxygen atoms in total. The van der Waals surface area contributed by atoms with Crippen molar-refractivity contribution in [3.8, 4) is 11.5 Å². The Kier molecular flexibility index (Phi) is 5.32. The topological polar surface area (TPSA) is 71.5 Å². The highest BCUT2D eigenvalue weighted by Crippen LogP contribution is 2.27. The largest absolute Gasteiger partial charge is 0.457 e. The van der Waals surface area contributed by atoms with Gasteiger partial charge in [-0.1, -0.05) is 18.2 Å². The van der Waals surface area contributed by atoms with Crippen molar-refractivity contribution >= 4 is 40.9 Å². The SMILES string of the molecule is O=C1NC(=S)N(c2ccc(Oc3ccccc3)cc2)C(=O)/C1=C/c1cccnc1F. The highest BCUT2D eigenvalue weighted by molar-refractivity contribution is 7.80. The number of thiocarbonyl (C=S) groups is 1. The van der Waals surface area contributed by atoms with Crippen molar-refractivity contribution in [3.05, 3.63) is 90.0 Å². The minimum absolute atomic E-state index is 0.0235. The summed E-state index contributed by atoms with van der Waals surface area (Å²) in [5.41, 5.74) is 0.207. The van der Waals surface area contributed by atoms with Gasteiger partial charge in [-0.25, -0.2) is 4.98 Å². The predicted molar refractivity (Wildman–Crippen MR) is 113 cm³/mol. The van der Waals surface area contributed by atoms with Crippen molar-refractivity contribution < 1.29 is 18.7 Å². The minimum atomic E-state index is -0.785. The monoisotopic (exact) mass is 419 g/mol. The van der Waals surface area contributed by atoms with Crippen LogP contribution in [0.5, 0.6) is 11.5 Å². The average molecular weight is 419 g/mol. The van der Waals surface area contributed by atoms with E-state index >= 15 is 0 Å². The molecule has 1 saturated heterocycles. The molecule has 0 atom stereocenters. The van der Waals surface area contributed by atoms with Crippen molar-refractivity contribution in [1.82, 2.24) is 10.3 Å². The van der Waals surface area contributed by atoms with Gasteiger partial charge in [0.1, 0.15) is 17.1 Å². The van der Waals surface area contributed by atoms with Crippen LogP contribution in [0.25, 0.3) is 6.08 Å². The van der Waals surface area contributed by atoms with Gasteiger partial charge in [0.2, 0.25) is 5.95 Å². The molecule has 8 heteroatoms. The Labute approximate surface area is 176 Å². The van der Waals surface area contributed by atoms with E-state index in [1.165, 1.54) is 23.2 Å². The first kappa shape index (κ1) is 19.4. The van der Waals surface area contributed by atoms with Crippen molar-refractivity contribution in [2.45, 2.75) is 0 Å². The normalized spacial score (nSPS) is 15.3. The Morgan fingerprint density at radius 2 is 1.67 bits per heavy atom. The van der Waals surface area contributed by atoms with E-state index in [0.717, 1.165) is 6.08 Å². The number of amides is 2. The first-order valence-electron chi connectivity index (χ1n) is 8.88. The Morgan fingerprint density at radius 3 is 2.37 bits per heavy atom. The molecule has 0 aliphatic carbocycles. The lowest BCUT2D eigenvalue weighted by atomic mass is 10.1. The Bertz CT molecular complexity index is 1160. The molecule has 148 valence electrons. The van der Waals surface area contributed by atoms with E-state index in [9.17, 15) is 14.0 Å². The Morgan fingerprint density at radius 1 is 0.967 bits per heavy atom. The van der Waals surface area contributed by atoms with Crippen LogP contribution >= 0.6 is 12.2 Å². The second kappa shape index (κ2) is 8.22. The zero-order chi connectivity index (χ0) is 21.1. The fraction of sp³-hybridized carbons (Fsp3) is 0. The molecule has 0 radical (unpaired) electrons. The maximum atomic E-state index is 13.9. The summed E-state index contributed by atoms with van der Waals surface area (Å²) in [6.07, 6.45) is 2.43. The number of hydrogen-bond donors (Lipinski definition) is 1. The summed E-state index contributed by atoms with van der Waals surface area (Å²) in [6.45, 7) is 0. The molecule has 0 spiro atoms. The van der Waals surface area contributed by atoms with Gasteiger partial charge in [0.15, 0.2) is 5.11 Å². The van der Waals surface area contributed by atoms with Gasteiger partial charge in [-0.05, 0) is 66.8 Å². The third kappa shape index (κ3) is 3.94. The van der Waals surface area contributed by atoms with Crippen molar-refractivity contribution in [1.29, 1.82) is 0 Å². The van der Waals surface area contributed by atoms with Crippen molar-refractivity contribution in [2.75, 3.05) is 4.90 Å². The lowest BCUT2D eigenvalue weighted by Gasteiger charge is -2.29. The summed E-state index contributed by atoms with van der Waals surface area (Å²) >= 11 is 5.17. The Balaban J connectivity index is 1.61. The number of aromatic nitrogens is 1. The average Bonchev–Trinajstić information content (AvgIpc) is 2.74. The molecule has 2 heterocycles. The zero-order valence-corrected chi connectivity index (χ0v) is 16.2. The van der Waals surface area contributed by atoms with E-state index in [2.05, 4.69) is 10.3 Å². The van der Waals surface area contributed by atoms with Crippen molar-refractivity contribution in [3.63, 3.8) is 0 Å². The number of rotatable bonds is 4. The van der Waals surface area contributed by atoms with Crippen LogP contribution in [-0.4, -0.2) is 21.9 Å². The standard InChI is InChI=1S/C22H14FN3O3S/c23-19-14(5-4-12-24-19)13-18-20(27)25-22(30)26(21(18)28)15-8-10-17(11-9-15)29-16-6-2-1-3-7-16/h1-13H,(H,25,27,30)/b18-13+. The van der Waals surface area contributed by atoms with Crippen LogP contribution in [0.1, 0.15) is 5.56 Å². The number of pyridine rings is 1. The first-order valence-corrected chi connectivity index (χ1v) is 9.29. The summed E-state index contributed by atoms with van der Waals surface area (Å²) in [5, 5.41) is 2.39. The number of nitrogens with one attached hydrogen (secondary N) is 1. The van der Waals surface area contributed by atoms with Gasteiger partial charge in [0.05, 0.1) is 5.69 Å². The lowest BCUT2D eigenvalue weighted by Crippen LogP contribution is -2.54. The molecule has 1 N–H and O–H groups in total. The highest BCUT2D eigenvalue weighted by atomic mass is 32.1. The molecule has 1 fully saturated rings. The van der Waals surface area contributed by atoms with Crippen LogP contribution in [0.2, 0.25) is 0 Å². The van der Waals surface area contributed by atoms with Crippen LogP contribution in [0.15, 0.2) is 78.5 Å². The van der Waals surface area contributed by atoms with Gasteiger partial charge >= 0.3 is 0 Å². The number of nitrogens with zero attached hydrogens (tertiary/aromatic N) is 2. The predicted octanol–water partition coefficient (Wildman–Crippen LogP) is 3.84. The first-order chi connectivity index (χ1) is 14.5. The number of carbonyl (C=O) groups is 2. The van der Waals surface area contributed by atoms with E-state index in [-0.39, 0.29) is 16.2 Å². The number of hydrogen-bond acceptors (Lipinski definition) is 5.